The third-order valence-electron chi connectivity index (χ3n) is 1.68. The van der Waals surface area contributed by atoms with Crippen molar-refractivity contribution < 1.29 is 23.1 Å². The quantitative estimate of drug-likeness (QED) is 0.825. The van der Waals surface area contributed by atoms with Crippen LogP contribution in [0.15, 0.2) is 16.5 Å². The largest absolute Gasteiger partial charge is 0.477 e. The Kier molecular flexibility index (Phi) is 2.07. The van der Waals surface area contributed by atoms with Crippen LogP contribution in [-0.4, -0.2) is 21.0 Å². The number of fused-ring (bicyclic) bond motifs is 1. The van der Waals surface area contributed by atoms with Crippen LogP contribution in [0.4, 0.5) is 8.78 Å². The van der Waals surface area contributed by atoms with Gasteiger partial charge in [0.1, 0.15) is 0 Å². The second kappa shape index (κ2) is 3.26. The number of carboxylic acids is 1. The van der Waals surface area contributed by atoms with Gasteiger partial charge >= 0.3 is 12.4 Å². The number of hydrogen-bond donors (Lipinski definition) is 1. The van der Waals surface area contributed by atoms with Crippen molar-refractivity contribution in [3.8, 4) is 0 Å². The van der Waals surface area contributed by atoms with Crippen molar-refractivity contribution in [2.45, 2.75) is 6.43 Å². The fourth-order valence-corrected chi connectivity index (χ4v) is 1.05. The number of carbonyl (C=O) groups is 1. The summed E-state index contributed by atoms with van der Waals surface area (Å²) in [6.45, 7) is 0. The number of carboxylic acid groups (broad SMARTS) is 1. The molecule has 0 radical (unpaired) electrons. The zero-order valence-corrected chi connectivity index (χ0v) is 7.15. The fraction of sp³-hybridized carbons (Fsp3) is 0.125. The van der Waals surface area contributed by atoms with Gasteiger partial charge in [-0.1, -0.05) is 0 Å². The third-order valence-corrected chi connectivity index (χ3v) is 1.68. The molecule has 0 saturated carbocycles. The van der Waals surface area contributed by atoms with Gasteiger partial charge in [0.15, 0.2) is 16.9 Å². The molecule has 0 aliphatic carbocycles. The van der Waals surface area contributed by atoms with E-state index in [0.717, 1.165) is 6.07 Å². The zero-order valence-electron chi connectivity index (χ0n) is 7.15. The first-order chi connectivity index (χ1) is 7.08. The SMILES string of the molecule is O=C(O)c1ccc2oc(C(F)F)nc2n1. The lowest BCUT2D eigenvalue weighted by Gasteiger charge is -1.90. The Hall–Kier alpha value is -2.05. The highest BCUT2D eigenvalue weighted by molar-refractivity contribution is 5.87. The number of alkyl halides is 2. The van der Waals surface area contributed by atoms with Gasteiger partial charge in [-0.2, -0.15) is 13.8 Å². The van der Waals surface area contributed by atoms with Crippen LogP contribution < -0.4 is 0 Å². The lowest BCUT2D eigenvalue weighted by atomic mass is 10.3. The molecule has 0 aliphatic heterocycles. The van der Waals surface area contributed by atoms with Gasteiger partial charge < -0.3 is 9.52 Å². The van der Waals surface area contributed by atoms with Crippen molar-refractivity contribution in [3.63, 3.8) is 0 Å². The Morgan fingerprint density at radius 2 is 2.13 bits per heavy atom. The van der Waals surface area contributed by atoms with E-state index in [1.165, 1.54) is 6.07 Å². The molecule has 1 N–H and O–H groups in total. The van der Waals surface area contributed by atoms with E-state index in [2.05, 4.69) is 14.4 Å². The molecule has 0 fully saturated rings. The van der Waals surface area contributed by atoms with Crippen molar-refractivity contribution in [1.29, 1.82) is 0 Å². The minimum absolute atomic E-state index is 0.0373. The van der Waals surface area contributed by atoms with Gasteiger partial charge in [-0.25, -0.2) is 9.78 Å². The fourth-order valence-electron chi connectivity index (χ4n) is 1.05. The molecule has 0 aromatic carbocycles. The Bertz CT molecular complexity index is 524. The lowest BCUT2D eigenvalue weighted by Crippen LogP contribution is -1.99. The maximum Gasteiger partial charge on any atom is 0.354 e. The molecule has 0 amide bonds. The van der Waals surface area contributed by atoms with Crippen LogP contribution in [0.2, 0.25) is 0 Å². The number of nitrogens with zero attached hydrogens (tertiary/aromatic N) is 2. The molecule has 0 atom stereocenters. The molecule has 78 valence electrons. The topological polar surface area (TPSA) is 76.2 Å². The van der Waals surface area contributed by atoms with E-state index in [0.29, 0.717) is 0 Å². The number of aromatic carboxylic acids is 1. The predicted octanol–water partition coefficient (Wildman–Crippen LogP) is 1.86. The Morgan fingerprint density at radius 1 is 1.40 bits per heavy atom. The molecule has 0 saturated heterocycles. The molecule has 2 rings (SSSR count). The number of aromatic nitrogens is 2. The predicted molar refractivity (Wildman–Crippen MR) is 43.7 cm³/mol. The average molecular weight is 214 g/mol. The molecule has 7 heteroatoms. The molecule has 0 bridgehead atoms. The zero-order chi connectivity index (χ0) is 11.0. The number of pyridine rings is 1. The van der Waals surface area contributed by atoms with Gasteiger partial charge in [0.05, 0.1) is 0 Å². The molecular formula is C8H4F2N2O3. The molecule has 0 aliphatic rings. The van der Waals surface area contributed by atoms with E-state index in [9.17, 15) is 13.6 Å². The smallest absolute Gasteiger partial charge is 0.354 e. The van der Waals surface area contributed by atoms with Crippen LogP contribution in [0.5, 0.6) is 0 Å². The molecule has 5 nitrogen and oxygen atoms in total. The Morgan fingerprint density at radius 3 is 2.73 bits per heavy atom. The summed E-state index contributed by atoms with van der Waals surface area (Å²) in [5.41, 5.74) is -0.364. The molecule has 0 spiro atoms. The van der Waals surface area contributed by atoms with Crippen molar-refractivity contribution in [2.24, 2.45) is 0 Å². The van der Waals surface area contributed by atoms with E-state index < -0.39 is 18.3 Å². The van der Waals surface area contributed by atoms with Gasteiger partial charge in [0, 0.05) is 0 Å². The highest BCUT2D eigenvalue weighted by atomic mass is 19.3. The van der Waals surface area contributed by atoms with Crippen molar-refractivity contribution in [1.82, 2.24) is 9.97 Å². The summed E-state index contributed by atoms with van der Waals surface area (Å²) in [6.07, 6.45) is -2.84. The van der Waals surface area contributed by atoms with Crippen molar-refractivity contribution in [2.75, 3.05) is 0 Å². The Balaban J connectivity index is 2.57. The van der Waals surface area contributed by atoms with Crippen LogP contribution >= 0.6 is 0 Å². The maximum atomic E-state index is 12.2. The van der Waals surface area contributed by atoms with Gasteiger partial charge in [0.2, 0.25) is 0 Å². The van der Waals surface area contributed by atoms with Gasteiger partial charge in [-0.15, -0.1) is 0 Å². The minimum Gasteiger partial charge on any atom is -0.477 e. The molecule has 2 heterocycles. The van der Waals surface area contributed by atoms with E-state index in [-0.39, 0.29) is 16.9 Å². The normalized spacial score (nSPS) is 11.1. The highest BCUT2D eigenvalue weighted by Gasteiger charge is 2.17. The standard InChI is InChI=1S/C8H4F2N2O3/c9-5(10)7-12-6-4(15-7)2-1-3(11-6)8(13)14/h1-2,5H,(H,13,14). The van der Waals surface area contributed by atoms with E-state index in [1.807, 2.05) is 0 Å². The first kappa shape index (κ1) is 9.50. The number of halogens is 2. The van der Waals surface area contributed by atoms with E-state index >= 15 is 0 Å². The summed E-state index contributed by atoms with van der Waals surface area (Å²) in [4.78, 5) is 17.4. The maximum absolute atomic E-state index is 12.2. The van der Waals surface area contributed by atoms with Crippen LogP contribution in [-0.2, 0) is 0 Å². The molecule has 2 aromatic heterocycles. The first-order valence-corrected chi connectivity index (χ1v) is 3.87. The molecule has 2 aromatic rings. The number of rotatable bonds is 2. The first-order valence-electron chi connectivity index (χ1n) is 3.87. The minimum atomic E-state index is -2.84. The van der Waals surface area contributed by atoms with Gasteiger partial charge in [0.25, 0.3) is 5.89 Å². The summed E-state index contributed by atoms with van der Waals surface area (Å²) in [5, 5.41) is 8.59. The second-order valence-corrected chi connectivity index (χ2v) is 2.68. The van der Waals surface area contributed by atoms with Gasteiger partial charge in [-0.3, -0.25) is 0 Å². The van der Waals surface area contributed by atoms with E-state index in [1.54, 1.807) is 0 Å². The monoisotopic (exact) mass is 214 g/mol. The third kappa shape index (κ3) is 1.63. The average Bonchev–Trinajstić information content (AvgIpc) is 2.59. The highest BCUT2D eigenvalue weighted by Crippen LogP contribution is 2.22. The summed E-state index contributed by atoms with van der Waals surface area (Å²) in [6, 6.07) is 2.40. The number of hydrogen-bond acceptors (Lipinski definition) is 4. The second-order valence-electron chi connectivity index (χ2n) is 2.68. The number of oxazole rings is 1. The Labute approximate surface area is 81.4 Å². The summed E-state index contributed by atoms with van der Waals surface area (Å²) in [5.74, 6) is -2.02. The molecular weight excluding hydrogens is 210 g/mol. The summed E-state index contributed by atoms with van der Waals surface area (Å²) in [7, 11) is 0. The molecule has 15 heavy (non-hydrogen) atoms. The van der Waals surface area contributed by atoms with Crippen LogP contribution in [0, 0.1) is 0 Å². The van der Waals surface area contributed by atoms with Gasteiger partial charge in [-0.05, 0) is 12.1 Å². The van der Waals surface area contributed by atoms with E-state index in [4.69, 9.17) is 5.11 Å². The summed E-state index contributed by atoms with van der Waals surface area (Å²) >= 11 is 0. The van der Waals surface area contributed by atoms with Crippen LogP contribution in [0.3, 0.4) is 0 Å². The van der Waals surface area contributed by atoms with Crippen molar-refractivity contribution >= 4 is 17.2 Å². The van der Waals surface area contributed by atoms with Crippen LogP contribution in [0.25, 0.3) is 11.2 Å². The molecule has 0 unspecified atom stereocenters. The van der Waals surface area contributed by atoms with Crippen LogP contribution in [0.1, 0.15) is 22.8 Å². The van der Waals surface area contributed by atoms with Crippen molar-refractivity contribution in [3.05, 3.63) is 23.7 Å². The summed E-state index contributed by atoms with van der Waals surface area (Å²) < 4.78 is 29.0. The lowest BCUT2D eigenvalue weighted by molar-refractivity contribution is 0.0691.